The maximum Gasteiger partial charge on any atom is 0.411 e. The van der Waals surface area contributed by atoms with E-state index in [2.05, 4.69) is 5.43 Å². The van der Waals surface area contributed by atoms with Crippen LogP contribution < -0.4 is 19.8 Å². The Balaban J connectivity index is 0.00000420. The molecule has 1 atom stereocenters. The SMILES string of the molecule is COc1ccc(C2CC=CN(C(=O)c3cccc(N(CCCN(C)C)C(=O)O)c3)N2)cc1OC1CCCC1.Cl. The van der Waals surface area contributed by atoms with Crippen molar-refractivity contribution in [3.63, 3.8) is 0 Å². The van der Waals surface area contributed by atoms with Crippen LogP contribution in [0, 0.1) is 0 Å². The van der Waals surface area contributed by atoms with Crippen LogP contribution in [0.1, 0.15) is 60.5 Å². The van der Waals surface area contributed by atoms with E-state index in [1.165, 1.54) is 22.8 Å². The summed E-state index contributed by atoms with van der Waals surface area (Å²) in [5.74, 6) is 1.16. The van der Waals surface area contributed by atoms with Crippen LogP contribution in [0.25, 0.3) is 0 Å². The number of hydrazine groups is 1. The average Bonchev–Trinajstić information content (AvgIpc) is 3.43. The van der Waals surface area contributed by atoms with Gasteiger partial charge in [-0.15, -0.1) is 12.4 Å². The van der Waals surface area contributed by atoms with Crippen LogP contribution in [-0.2, 0) is 0 Å². The first-order chi connectivity index (χ1) is 18.4. The molecule has 1 aliphatic carbocycles. The number of rotatable bonds is 10. The third kappa shape index (κ3) is 7.88. The predicted octanol–water partition coefficient (Wildman–Crippen LogP) is 5.48. The van der Waals surface area contributed by atoms with Crippen molar-refractivity contribution in [1.82, 2.24) is 15.3 Å². The summed E-state index contributed by atoms with van der Waals surface area (Å²) < 4.78 is 11.8. The number of hydrogen-bond donors (Lipinski definition) is 2. The van der Waals surface area contributed by atoms with E-state index >= 15 is 0 Å². The highest BCUT2D eigenvalue weighted by molar-refractivity contribution is 5.97. The van der Waals surface area contributed by atoms with Crippen molar-refractivity contribution in [3.05, 3.63) is 65.9 Å². The molecule has 2 aliphatic rings. The molecule has 39 heavy (non-hydrogen) atoms. The minimum absolute atomic E-state index is 0. The van der Waals surface area contributed by atoms with Crippen LogP contribution in [0.2, 0.25) is 0 Å². The van der Waals surface area contributed by atoms with Gasteiger partial charge in [0.25, 0.3) is 5.91 Å². The van der Waals surface area contributed by atoms with Crippen LogP contribution in [0.15, 0.2) is 54.7 Å². The number of carbonyl (C=O) groups excluding carboxylic acids is 1. The molecule has 212 valence electrons. The number of anilines is 1. The first-order valence-corrected chi connectivity index (χ1v) is 13.2. The minimum atomic E-state index is -1.04. The second-order valence-electron chi connectivity index (χ2n) is 10.1. The van der Waals surface area contributed by atoms with E-state index in [0.29, 0.717) is 36.4 Å². The summed E-state index contributed by atoms with van der Waals surface area (Å²) in [5.41, 5.74) is 5.18. The molecule has 2 amide bonds. The zero-order chi connectivity index (χ0) is 27.1. The van der Waals surface area contributed by atoms with E-state index in [0.717, 1.165) is 30.7 Å². The van der Waals surface area contributed by atoms with Crippen molar-refractivity contribution in [1.29, 1.82) is 0 Å². The Hall–Kier alpha value is -3.27. The van der Waals surface area contributed by atoms with Crippen LogP contribution in [0.3, 0.4) is 0 Å². The van der Waals surface area contributed by atoms with Gasteiger partial charge in [0.2, 0.25) is 0 Å². The van der Waals surface area contributed by atoms with Crippen molar-refractivity contribution < 1.29 is 24.2 Å². The van der Waals surface area contributed by atoms with Gasteiger partial charge in [-0.05, 0) is 95.1 Å². The molecule has 1 fully saturated rings. The van der Waals surface area contributed by atoms with Crippen molar-refractivity contribution >= 4 is 30.1 Å². The van der Waals surface area contributed by atoms with Crippen LogP contribution >= 0.6 is 12.4 Å². The number of nitrogens with one attached hydrogen (secondary N) is 1. The highest BCUT2D eigenvalue weighted by Gasteiger charge is 2.25. The molecule has 1 heterocycles. The van der Waals surface area contributed by atoms with Crippen molar-refractivity contribution in [2.75, 3.05) is 39.2 Å². The summed E-state index contributed by atoms with van der Waals surface area (Å²) >= 11 is 0. The monoisotopic (exact) mass is 558 g/mol. The quantitative estimate of drug-likeness (QED) is 0.399. The number of amides is 2. The Morgan fingerprint density at radius 2 is 1.85 bits per heavy atom. The molecule has 0 bridgehead atoms. The molecule has 0 saturated heterocycles. The summed E-state index contributed by atoms with van der Waals surface area (Å²) in [7, 11) is 5.54. The third-order valence-electron chi connectivity index (χ3n) is 6.95. The van der Waals surface area contributed by atoms with Gasteiger partial charge in [0.05, 0.1) is 19.3 Å². The van der Waals surface area contributed by atoms with Gasteiger partial charge in [0, 0.05) is 24.0 Å². The number of halogens is 1. The standard InChI is InChI=1S/C29H38N4O5.ClH/c1-31(2)16-8-17-32(29(35)36)23-10-6-9-22(19-23)28(34)33-18-7-13-25(30-33)21-14-15-26(37-3)27(20-21)38-24-11-4-5-12-24;/h6-7,9-10,14-15,18-20,24-25,30H,4-5,8,11-13,16-17H2,1-3H3,(H,35,36);1H. The zero-order valence-corrected chi connectivity index (χ0v) is 23.7. The molecule has 1 unspecified atom stereocenters. The van der Waals surface area contributed by atoms with Gasteiger partial charge in [0.15, 0.2) is 11.5 Å². The van der Waals surface area contributed by atoms with E-state index in [4.69, 9.17) is 9.47 Å². The van der Waals surface area contributed by atoms with Crippen molar-refractivity contribution in [3.8, 4) is 11.5 Å². The Morgan fingerprint density at radius 1 is 1.08 bits per heavy atom. The zero-order valence-electron chi connectivity index (χ0n) is 22.8. The highest BCUT2D eigenvalue weighted by Crippen LogP contribution is 2.35. The lowest BCUT2D eigenvalue weighted by Gasteiger charge is -2.30. The molecule has 0 radical (unpaired) electrons. The number of methoxy groups -OCH3 is 1. The molecule has 2 N–H and O–H groups in total. The van der Waals surface area contributed by atoms with E-state index in [1.807, 2.05) is 43.3 Å². The Labute approximate surface area is 236 Å². The second-order valence-corrected chi connectivity index (χ2v) is 10.1. The number of hydrogen-bond acceptors (Lipinski definition) is 6. The number of nitrogens with zero attached hydrogens (tertiary/aromatic N) is 3. The lowest BCUT2D eigenvalue weighted by Crippen LogP contribution is -2.43. The number of carboxylic acid groups (broad SMARTS) is 1. The van der Waals surface area contributed by atoms with Gasteiger partial charge in [-0.25, -0.2) is 15.2 Å². The molecule has 1 aliphatic heterocycles. The van der Waals surface area contributed by atoms with Crippen LogP contribution in [-0.4, -0.2) is 67.4 Å². The van der Waals surface area contributed by atoms with E-state index in [9.17, 15) is 14.7 Å². The average molecular weight is 559 g/mol. The highest BCUT2D eigenvalue weighted by atomic mass is 35.5. The topological polar surface area (TPSA) is 94.6 Å². The maximum atomic E-state index is 13.4. The van der Waals surface area contributed by atoms with Crippen LogP contribution in [0.4, 0.5) is 10.5 Å². The number of ether oxygens (including phenoxy) is 2. The van der Waals surface area contributed by atoms with E-state index in [1.54, 1.807) is 37.6 Å². The Morgan fingerprint density at radius 3 is 2.54 bits per heavy atom. The maximum absolute atomic E-state index is 13.4. The summed E-state index contributed by atoms with van der Waals surface area (Å²) in [6.45, 7) is 1.11. The summed E-state index contributed by atoms with van der Waals surface area (Å²) in [6, 6.07) is 12.5. The van der Waals surface area contributed by atoms with Gasteiger partial charge in [-0.2, -0.15) is 0 Å². The van der Waals surface area contributed by atoms with Gasteiger partial charge in [-0.1, -0.05) is 18.2 Å². The Kier molecular flexibility index (Phi) is 11.0. The summed E-state index contributed by atoms with van der Waals surface area (Å²) in [6.07, 6.45) is 8.69. The molecule has 9 nitrogen and oxygen atoms in total. The molecular weight excluding hydrogens is 520 g/mol. The van der Waals surface area contributed by atoms with Crippen molar-refractivity contribution in [2.45, 2.75) is 50.7 Å². The molecule has 2 aromatic rings. The third-order valence-corrected chi connectivity index (χ3v) is 6.95. The van der Waals surface area contributed by atoms with Gasteiger partial charge >= 0.3 is 6.09 Å². The molecular formula is C29H39ClN4O5. The minimum Gasteiger partial charge on any atom is -0.493 e. The van der Waals surface area contributed by atoms with Gasteiger partial charge < -0.3 is 19.5 Å². The lowest BCUT2D eigenvalue weighted by molar-refractivity contribution is 0.0713. The van der Waals surface area contributed by atoms with Gasteiger partial charge in [0.1, 0.15) is 0 Å². The predicted molar refractivity (Wildman–Crippen MR) is 154 cm³/mol. The first kappa shape index (κ1) is 30.3. The number of carbonyl (C=O) groups is 2. The molecule has 10 heteroatoms. The normalized spacial score (nSPS) is 17.1. The molecule has 0 spiro atoms. The summed E-state index contributed by atoms with van der Waals surface area (Å²) in [4.78, 5) is 28.6. The fraction of sp³-hybridized carbons (Fsp3) is 0.448. The second kappa shape index (κ2) is 14.2. The number of benzene rings is 2. The lowest BCUT2D eigenvalue weighted by atomic mass is 10.0. The molecule has 0 aromatic heterocycles. The Bertz CT molecular complexity index is 1150. The smallest absolute Gasteiger partial charge is 0.411 e. The fourth-order valence-electron chi connectivity index (χ4n) is 4.92. The first-order valence-electron chi connectivity index (χ1n) is 13.2. The molecule has 2 aromatic carbocycles. The largest absolute Gasteiger partial charge is 0.493 e. The van der Waals surface area contributed by atoms with E-state index < -0.39 is 6.09 Å². The van der Waals surface area contributed by atoms with Crippen LogP contribution in [0.5, 0.6) is 11.5 Å². The molecule has 1 saturated carbocycles. The molecule has 4 rings (SSSR count). The van der Waals surface area contributed by atoms with Gasteiger partial charge in [-0.3, -0.25) is 9.69 Å². The van der Waals surface area contributed by atoms with E-state index in [-0.39, 0.29) is 30.5 Å². The summed E-state index contributed by atoms with van der Waals surface area (Å²) in [5, 5.41) is 11.2. The fourth-order valence-corrected chi connectivity index (χ4v) is 4.92. The van der Waals surface area contributed by atoms with Crippen molar-refractivity contribution in [2.24, 2.45) is 0 Å².